The van der Waals surface area contributed by atoms with Gasteiger partial charge in [0.2, 0.25) is 5.91 Å². The van der Waals surface area contributed by atoms with Gasteiger partial charge in [-0.15, -0.1) is 0 Å². The van der Waals surface area contributed by atoms with Crippen molar-refractivity contribution in [1.82, 2.24) is 5.32 Å². The number of esters is 3. The molecule has 3 unspecified atom stereocenters. The van der Waals surface area contributed by atoms with Crippen LogP contribution >= 0.6 is 0 Å². The van der Waals surface area contributed by atoms with E-state index in [0.29, 0.717) is 0 Å². The lowest BCUT2D eigenvalue weighted by Crippen LogP contribution is -2.45. The molecule has 1 aliphatic heterocycles. The molecule has 11 heteroatoms. The van der Waals surface area contributed by atoms with Crippen LogP contribution in [-0.2, 0) is 42.9 Å². The van der Waals surface area contributed by atoms with Crippen LogP contribution in [-0.4, -0.2) is 68.6 Å². The Bertz CT molecular complexity index is 590. The van der Waals surface area contributed by atoms with E-state index in [1.54, 1.807) is 0 Å². The van der Waals surface area contributed by atoms with E-state index in [9.17, 15) is 19.2 Å². The summed E-state index contributed by atoms with van der Waals surface area (Å²) in [6.07, 6.45) is -1.94. The van der Waals surface area contributed by atoms with Crippen molar-refractivity contribution in [3.8, 4) is 0 Å². The Labute approximate surface area is 156 Å². The predicted octanol–water partition coefficient (Wildman–Crippen LogP) is -1.26. The van der Waals surface area contributed by atoms with E-state index < -0.39 is 42.3 Å². The maximum Gasteiger partial charge on any atom is 0.307 e. The minimum absolute atomic E-state index is 0.00225. The zero-order chi connectivity index (χ0) is 20.4. The highest BCUT2D eigenvalue weighted by molar-refractivity contribution is 5.77. The highest BCUT2D eigenvalue weighted by Gasteiger charge is 2.37. The molecule has 1 amide bonds. The molecule has 0 radical (unpaired) electrons. The number of ether oxygens (including phenoxy) is 5. The van der Waals surface area contributed by atoms with E-state index in [0.717, 1.165) is 0 Å². The number of rotatable bonds is 9. The fourth-order valence-electron chi connectivity index (χ4n) is 2.07. The monoisotopic (exact) mass is 388 g/mol. The molecule has 0 aromatic carbocycles. The second kappa shape index (κ2) is 11.3. The maximum absolute atomic E-state index is 11.7. The Morgan fingerprint density at radius 2 is 1.85 bits per heavy atom. The van der Waals surface area contributed by atoms with Crippen LogP contribution in [0, 0.1) is 0 Å². The summed E-state index contributed by atoms with van der Waals surface area (Å²) in [6.45, 7) is 3.44. The van der Waals surface area contributed by atoms with E-state index in [1.165, 1.54) is 26.8 Å². The summed E-state index contributed by atoms with van der Waals surface area (Å²) in [7, 11) is 0. The van der Waals surface area contributed by atoms with Crippen LogP contribution in [0.25, 0.3) is 0 Å². The Kier molecular flexibility index (Phi) is 9.40. The van der Waals surface area contributed by atoms with Crippen molar-refractivity contribution in [3.63, 3.8) is 0 Å². The number of carbonyl (C=O) groups is 4. The number of carbonyl (C=O) groups excluding carboxylic acids is 4. The Morgan fingerprint density at radius 1 is 1.15 bits per heavy atom. The molecule has 0 saturated heterocycles. The third-order valence-corrected chi connectivity index (χ3v) is 3.06. The second-order valence-corrected chi connectivity index (χ2v) is 5.48. The van der Waals surface area contributed by atoms with Gasteiger partial charge in [0, 0.05) is 39.9 Å². The number of hydrogen-bond acceptors (Lipinski definition) is 10. The molecule has 3 N–H and O–H groups in total. The third-order valence-electron chi connectivity index (χ3n) is 3.06. The number of amides is 1. The van der Waals surface area contributed by atoms with Crippen molar-refractivity contribution in [2.75, 3.05) is 26.3 Å². The molecule has 3 atom stereocenters. The fourth-order valence-corrected chi connectivity index (χ4v) is 2.07. The van der Waals surface area contributed by atoms with Crippen LogP contribution in [0.5, 0.6) is 0 Å². The molecule has 1 aliphatic rings. The van der Waals surface area contributed by atoms with Crippen molar-refractivity contribution >= 4 is 23.8 Å². The summed E-state index contributed by atoms with van der Waals surface area (Å²) in [6, 6.07) is 0. The average Bonchev–Trinajstić information content (AvgIpc) is 2.56. The first-order valence-electron chi connectivity index (χ1n) is 8.17. The molecular weight excluding hydrogens is 364 g/mol. The molecule has 0 saturated carbocycles. The molecule has 0 aliphatic carbocycles. The molecule has 0 aromatic rings. The lowest BCUT2D eigenvalue weighted by atomic mass is 10.1. The standard InChI is InChI=1S/C16H24N2O9/c1-9(19)23-7-14-12(25-10(2)20)6-13(26-11(3)21)16(27-14)24-8-15(22)18-5-4-17/h6,13-14,16H,4-5,7-8,17H2,1-3H3,(H,18,22). The largest absolute Gasteiger partial charge is 0.463 e. The van der Waals surface area contributed by atoms with Crippen LogP contribution in [0.15, 0.2) is 11.8 Å². The smallest absolute Gasteiger partial charge is 0.307 e. The average molecular weight is 388 g/mol. The number of nitrogens with one attached hydrogen (secondary N) is 1. The molecule has 0 spiro atoms. The topological polar surface area (TPSA) is 152 Å². The Hall–Kier alpha value is -2.50. The van der Waals surface area contributed by atoms with Crippen LogP contribution in [0.2, 0.25) is 0 Å². The van der Waals surface area contributed by atoms with Gasteiger partial charge in [0.15, 0.2) is 18.5 Å². The van der Waals surface area contributed by atoms with Gasteiger partial charge in [-0.05, 0) is 0 Å². The number of hydrogen-bond donors (Lipinski definition) is 2. The SMILES string of the molecule is CC(=O)OCC1OC(OCC(=O)NCCN)C(OC(C)=O)C=C1OC(C)=O. The van der Waals surface area contributed by atoms with Gasteiger partial charge in [0.1, 0.15) is 19.0 Å². The Morgan fingerprint density at radius 3 is 2.41 bits per heavy atom. The van der Waals surface area contributed by atoms with Crippen LogP contribution in [0.1, 0.15) is 20.8 Å². The van der Waals surface area contributed by atoms with E-state index >= 15 is 0 Å². The maximum atomic E-state index is 11.7. The molecule has 0 aromatic heterocycles. The Balaban J connectivity index is 2.92. The molecule has 11 nitrogen and oxygen atoms in total. The van der Waals surface area contributed by atoms with Crippen LogP contribution in [0.4, 0.5) is 0 Å². The minimum Gasteiger partial charge on any atom is -0.463 e. The van der Waals surface area contributed by atoms with Crippen molar-refractivity contribution in [2.24, 2.45) is 5.73 Å². The van der Waals surface area contributed by atoms with Crippen LogP contribution < -0.4 is 11.1 Å². The van der Waals surface area contributed by atoms with Gasteiger partial charge in [-0.25, -0.2) is 0 Å². The van der Waals surface area contributed by atoms with Gasteiger partial charge >= 0.3 is 17.9 Å². The zero-order valence-electron chi connectivity index (χ0n) is 15.4. The first-order chi connectivity index (χ1) is 12.7. The highest BCUT2D eigenvalue weighted by atomic mass is 16.7. The summed E-state index contributed by atoms with van der Waals surface area (Å²) in [5.41, 5.74) is 5.30. The van der Waals surface area contributed by atoms with Crippen molar-refractivity contribution in [3.05, 3.63) is 11.8 Å². The molecule has 1 rings (SSSR count). The zero-order valence-corrected chi connectivity index (χ0v) is 15.4. The molecule has 152 valence electrons. The van der Waals surface area contributed by atoms with Gasteiger partial charge in [0.05, 0.1) is 0 Å². The molecule has 0 bridgehead atoms. The fraction of sp³-hybridized carbons (Fsp3) is 0.625. The lowest BCUT2D eigenvalue weighted by Gasteiger charge is -2.33. The summed E-state index contributed by atoms with van der Waals surface area (Å²) in [5, 5.41) is 2.51. The third kappa shape index (κ3) is 8.62. The van der Waals surface area contributed by atoms with Gasteiger partial charge in [-0.2, -0.15) is 0 Å². The number of nitrogens with two attached hydrogens (primary N) is 1. The lowest BCUT2D eigenvalue weighted by molar-refractivity contribution is -0.229. The predicted molar refractivity (Wildman–Crippen MR) is 88.7 cm³/mol. The molecule has 27 heavy (non-hydrogen) atoms. The summed E-state index contributed by atoms with van der Waals surface area (Å²) >= 11 is 0. The van der Waals surface area contributed by atoms with Crippen molar-refractivity contribution in [2.45, 2.75) is 39.3 Å². The first-order valence-corrected chi connectivity index (χ1v) is 8.17. The second-order valence-electron chi connectivity index (χ2n) is 5.48. The quantitative estimate of drug-likeness (QED) is 0.362. The summed E-state index contributed by atoms with van der Waals surface area (Å²) < 4.78 is 26.0. The summed E-state index contributed by atoms with van der Waals surface area (Å²) in [5.74, 6) is -2.29. The normalized spacial score (nSPS) is 21.6. The molecule has 1 heterocycles. The van der Waals surface area contributed by atoms with Crippen molar-refractivity contribution in [1.29, 1.82) is 0 Å². The van der Waals surface area contributed by atoms with Crippen molar-refractivity contribution < 1.29 is 42.9 Å². The molecule has 0 fully saturated rings. The van der Waals surface area contributed by atoms with E-state index in [-0.39, 0.29) is 32.1 Å². The van der Waals surface area contributed by atoms with Crippen LogP contribution in [0.3, 0.4) is 0 Å². The highest BCUT2D eigenvalue weighted by Crippen LogP contribution is 2.24. The molecular formula is C16H24N2O9. The summed E-state index contributed by atoms with van der Waals surface area (Å²) in [4.78, 5) is 45.3. The van der Waals surface area contributed by atoms with E-state index in [1.807, 2.05) is 0 Å². The van der Waals surface area contributed by atoms with E-state index in [2.05, 4.69) is 5.32 Å². The first kappa shape index (κ1) is 22.5. The minimum atomic E-state index is -1.18. The van der Waals surface area contributed by atoms with Gasteiger partial charge in [0.25, 0.3) is 0 Å². The van der Waals surface area contributed by atoms with E-state index in [4.69, 9.17) is 29.4 Å². The van der Waals surface area contributed by atoms with Gasteiger partial charge in [-0.3, -0.25) is 19.2 Å². The van der Waals surface area contributed by atoms with Gasteiger partial charge in [-0.1, -0.05) is 0 Å². The van der Waals surface area contributed by atoms with Gasteiger partial charge < -0.3 is 34.7 Å².